The molecule has 1 amide bonds. The van der Waals surface area contributed by atoms with E-state index >= 15 is 0 Å². The molecule has 0 saturated heterocycles. The number of hydrogen-bond acceptors (Lipinski definition) is 5. The maximum absolute atomic E-state index is 12.8. The van der Waals surface area contributed by atoms with Gasteiger partial charge in [-0.25, -0.2) is 4.98 Å². The van der Waals surface area contributed by atoms with Crippen LogP contribution in [0.3, 0.4) is 0 Å². The standard InChI is InChI=1S/C20H24ClN5O/c1-24(2)11-12-26-16-9-10-17(25(3)4)23-20(16)19(22-13-18(26)27)14-7-5-6-8-15(14)21/h5-10H,11-13H2,1-4H3. The van der Waals surface area contributed by atoms with Crippen molar-refractivity contribution in [2.45, 2.75) is 0 Å². The second-order valence-corrected chi connectivity index (χ2v) is 7.33. The third kappa shape index (κ3) is 4.12. The largest absolute Gasteiger partial charge is 0.363 e. The summed E-state index contributed by atoms with van der Waals surface area (Å²) in [4.78, 5) is 28.0. The Hall–Kier alpha value is -2.44. The number of rotatable bonds is 5. The van der Waals surface area contributed by atoms with Crippen LogP contribution in [0.15, 0.2) is 41.4 Å². The highest BCUT2D eigenvalue weighted by molar-refractivity contribution is 6.36. The summed E-state index contributed by atoms with van der Waals surface area (Å²) in [5, 5.41) is 0.591. The minimum atomic E-state index is -0.0421. The zero-order valence-corrected chi connectivity index (χ0v) is 16.9. The Kier molecular flexibility index (Phi) is 5.77. The summed E-state index contributed by atoms with van der Waals surface area (Å²) in [5.41, 5.74) is 2.88. The van der Waals surface area contributed by atoms with E-state index in [9.17, 15) is 4.79 Å². The molecule has 1 aromatic heterocycles. The van der Waals surface area contributed by atoms with Crippen molar-refractivity contribution >= 4 is 34.7 Å². The van der Waals surface area contributed by atoms with E-state index in [1.54, 1.807) is 4.90 Å². The van der Waals surface area contributed by atoms with E-state index in [0.717, 1.165) is 23.6 Å². The quantitative estimate of drug-likeness (QED) is 0.793. The highest BCUT2D eigenvalue weighted by Gasteiger charge is 2.27. The van der Waals surface area contributed by atoms with Gasteiger partial charge in [0.1, 0.15) is 18.1 Å². The Labute approximate surface area is 165 Å². The fraction of sp³-hybridized carbons (Fsp3) is 0.350. The van der Waals surface area contributed by atoms with Crippen LogP contribution in [0, 0.1) is 0 Å². The van der Waals surface area contributed by atoms with E-state index in [-0.39, 0.29) is 12.5 Å². The fourth-order valence-electron chi connectivity index (χ4n) is 2.94. The van der Waals surface area contributed by atoms with Gasteiger partial charge in [0, 0.05) is 32.7 Å². The van der Waals surface area contributed by atoms with Gasteiger partial charge in [0.15, 0.2) is 0 Å². The molecular weight excluding hydrogens is 362 g/mol. The highest BCUT2D eigenvalue weighted by atomic mass is 35.5. The maximum Gasteiger partial charge on any atom is 0.248 e. The number of carbonyl (C=O) groups is 1. The second kappa shape index (κ2) is 8.06. The molecule has 1 aliphatic rings. The van der Waals surface area contributed by atoms with Gasteiger partial charge in [0.25, 0.3) is 0 Å². The first-order chi connectivity index (χ1) is 12.9. The lowest BCUT2D eigenvalue weighted by molar-refractivity contribution is -0.117. The number of halogens is 1. The summed E-state index contributed by atoms with van der Waals surface area (Å²) in [6, 6.07) is 11.4. The Morgan fingerprint density at radius 1 is 1.11 bits per heavy atom. The van der Waals surface area contributed by atoms with E-state index in [1.807, 2.05) is 69.5 Å². The lowest BCUT2D eigenvalue weighted by Gasteiger charge is -2.25. The second-order valence-electron chi connectivity index (χ2n) is 6.92. The van der Waals surface area contributed by atoms with Crippen molar-refractivity contribution in [3.8, 4) is 0 Å². The van der Waals surface area contributed by atoms with Gasteiger partial charge in [0.2, 0.25) is 5.91 Å². The van der Waals surface area contributed by atoms with Gasteiger partial charge in [-0.3, -0.25) is 9.79 Å². The Balaban J connectivity index is 2.16. The molecule has 0 bridgehead atoms. The minimum absolute atomic E-state index is 0.0421. The van der Waals surface area contributed by atoms with Crippen LogP contribution in [-0.4, -0.2) is 69.3 Å². The Morgan fingerprint density at radius 2 is 1.85 bits per heavy atom. The maximum atomic E-state index is 12.8. The number of carbonyl (C=O) groups excluding carboxylic acids is 1. The topological polar surface area (TPSA) is 52.0 Å². The van der Waals surface area contributed by atoms with E-state index in [2.05, 4.69) is 9.89 Å². The molecule has 0 atom stereocenters. The SMILES string of the molecule is CN(C)CCN1C(=O)CN=C(c2ccccc2Cl)c2nc(N(C)C)ccc21. The average Bonchev–Trinajstić information content (AvgIpc) is 2.76. The molecular formula is C20H24ClN5O. The molecule has 0 unspecified atom stereocenters. The monoisotopic (exact) mass is 385 g/mol. The van der Waals surface area contributed by atoms with E-state index in [4.69, 9.17) is 16.6 Å². The lowest BCUT2D eigenvalue weighted by Crippen LogP contribution is -2.38. The zero-order valence-electron chi connectivity index (χ0n) is 16.1. The average molecular weight is 386 g/mol. The third-order valence-electron chi connectivity index (χ3n) is 4.41. The number of pyridine rings is 1. The van der Waals surface area contributed by atoms with Crippen LogP contribution < -0.4 is 9.80 Å². The molecule has 142 valence electrons. The molecule has 2 aromatic rings. The first kappa shape index (κ1) is 19.3. The van der Waals surface area contributed by atoms with Crippen LogP contribution in [0.4, 0.5) is 11.5 Å². The van der Waals surface area contributed by atoms with Crippen molar-refractivity contribution in [3.05, 3.63) is 52.7 Å². The van der Waals surface area contributed by atoms with Crippen LogP contribution in [-0.2, 0) is 4.79 Å². The van der Waals surface area contributed by atoms with Crippen LogP contribution in [0.5, 0.6) is 0 Å². The molecule has 27 heavy (non-hydrogen) atoms. The van der Waals surface area contributed by atoms with Crippen LogP contribution >= 0.6 is 11.6 Å². The summed E-state index contributed by atoms with van der Waals surface area (Å²) < 4.78 is 0. The summed E-state index contributed by atoms with van der Waals surface area (Å²) >= 11 is 6.43. The van der Waals surface area contributed by atoms with Crippen molar-refractivity contribution in [1.82, 2.24) is 9.88 Å². The first-order valence-electron chi connectivity index (χ1n) is 8.81. The van der Waals surface area contributed by atoms with Gasteiger partial charge in [-0.2, -0.15) is 0 Å². The van der Waals surface area contributed by atoms with Crippen molar-refractivity contribution in [1.29, 1.82) is 0 Å². The summed E-state index contributed by atoms with van der Waals surface area (Å²) in [5.74, 6) is 0.759. The van der Waals surface area contributed by atoms with Crippen molar-refractivity contribution in [2.24, 2.45) is 4.99 Å². The van der Waals surface area contributed by atoms with Crippen LogP contribution in [0.1, 0.15) is 11.3 Å². The normalized spacial score (nSPS) is 14.1. The number of likely N-dealkylation sites (N-methyl/N-ethyl adjacent to an activating group) is 1. The summed E-state index contributed by atoms with van der Waals surface area (Å²) in [6.45, 7) is 1.40. The number of hydrogen-bond donors (Lipinski definition) is 0. The van der Waals surface area contributed by atoms with Gasteiger partial charge < -0.3 is 14.7 Å². The molecule has 2 heterocycles. The van der Waals surface area contributed by atoms with Gasteiger partial charge in [-0.1, -0.05) is 29.8 Å². The molecule has 1 aromatic carbocycles. The number of aliphatic imine (C=N–C) groups is 1. The molecule has 3 rings (SSSR count). The minimum Gasteiger partial charge on any atom is -0.363 e. The molecule has 0 fully saturated rings. The van der Waals surface area contributed by atoms with Crippen LogP contribution in [0.25, 0.3) is 0 Å². The number of nitrogens with zero attached hydrogens (tertiary/aromatic N) is 5. The number of benzene rings is 1. The molecule has 0 aliphatic carbocycles. The molecule has 0 spiro atoms. The smallest absolute Gasteiger partial charge is 0.248 e. The number of aromatic nitrogens is 1. The van der Waals surface area contributed by atoms with E-state index in [1.165, 1.54) is 0 Å². The molecule has 0 radical (unpaired) electrons. The Bertz CT molecular complexity index is 878. The zero-order chi connectivity index (χ0) is 19.6. The van der Waals surface area contributed by atoms with Gasteiger partial charge in [-0.05, 0) is 32.3 Å². The van der Waals surface area contributed by atoms with Crippen LogP contribution in [0.2, 0.25) is 5.02 Å². The summed E-state index contributed by atoms with van der Waals surface area (Å²) in [7, 11) is 7.85. The summed E-state index contributed by atoms with van der Waals surface area (Å²) in [6.07, 6.45) is 0. The highest BCUT2D eigenvalue weighted by Crippen LogP contribution is 2.29. The first-order valence-corrected chi connectivity index (χ1v) is 9.19. The molecule has 1 aliphatic heterocycles. The predicted molar refractivity (Wildman–Crippen MR) is 111 cm³/mol. The van der Waals surface area contributed by atoms with Crippen molar-refractivity contribution in [2.75, 3.05) is 57.6 Å². The lowest BCUT2D eigenvalue weighted by atomic mass is 10.0. The third-order valence-corrected chi connectivity index (χ3v) is 4.74. The van der Waals surface area contributed by atoms with Crippen molar-refractivity contribution < 1.29 is 4.79 Å². The molecule has 7 heteroatoms. The van der Waals surface area contributed by atoms with Gasteiger partial charge in [-0.15, -0.1) is 0 Å². The molecule has 0 N–H and O–H groups in total. The number of anilines is 2. The van der Waals surface area contributed by atoms with E-state index in [0.29, 0.717) is 23.0 Å². The molecule has 0 saturated carbocycles. The molecule has 6 nitrogen and oxygen atoms in total. The predicted octanol–water partition coefficient (Wildman–Crippen LogP) is 2.55. The van der Waals surface area contributed by atoms with E-state index < -0.39 is 0 Å². The van der Waals surface area contributed by atoms with Gasteiger partial charge in [0.05, 0.1) is 16.4 Å². The number of amides is 1. The number of fused-ring (bicyclic) bond motifs is 1. The fourth-order valence-corrected chi connectivity index (χ4v) is 3.16. The van der Waals surface area contributed by atoms with Gasteiger partial charge >= 0.3 is 0 Å². The van der Waals surface area contributed by atoms with Crippen molar-refractivity contribution in [3.63, 3.8) is 0 Å². The Morgan fingerprint density at radius 3 is 2.52 bits per heavy atom.